The summed E-state index contributed by atoms with van der Waals surface area (Å²) in [6, 6.07) is 5.31. The molecule has 3 rings (SSSR count). The Balaban J connectivity index is 2.11. The van der Waals surface area contributed by atoms with Crippen molar-refractivity contribution in [2.45, 2.75) is 0 Å². The summed E-state index contributed by atoms with van der Waals surface area (Å²) in [4.78, 5) is 4.08. The van der Waals surface area contributed by atoms with Gasteiger partial charge in [-0.2, -0.15) is 5.10 Å². The van der Waals surface area contributed by atoms with Gasteiger partial charge in [-0.05, 0) is 17.7 Å². The van der Waals surface area contributed by atoms with Gasteiger partial charge in [0.05, 0.1) is 17.6 Å². The number of aliphatic imine (C=N–C) groups is 1. The van der Waals surface area contributed by atoms with Crippen LogP contribution in [-0.2, 0) is 0 Å². The lowest BCUT2D eigenvalue weighted by Gasteiger charge is -2.35. The van der Waals surface area contributed by atoms with Crippen LogP contribution in [0.1, 0.15) is 0 Å². The summed E-state index contributed by atoms with van der Waals surface area (Å²) in [5.74, 6) is 0.0804. The van der Waals surface area contributed by atoms with Crippen molar-refractivity contribution in [2.75, 3.05) is 5.17 Å². The van der Waals surface area contributed by atoms with Crippen LogP contribution < -0.4 is 16.3 Å². The van der Waals surface area contributed by atoms with Crippen molar-refractivity contribution >= 4 is 17.3 Å². The maximum Gasteiger partial charge on any atom is 0.212 e. The Morgan fingerprint density at radius 1 is 1.29 bits per heavy atom. The minimum atomic E-state index is 0.0804. The minimum absolute atomic E-state index is 0.0804. The molecule has 86 valence electrons. The molecule has 1 aromatic heterocycles. The molecular formula is C10H9N6O-. The van der Waals surface area contributed by atoms with Crippen LogP contribution in [0, 0.1) is 5.21 Å². The predicted molar refractivity (Wildman–Crippen MR) is 64.3 cm³/mol. The number of H-pyrrole nitrogens is 1. The molecule has 0 amide bonds. The largest absolute Gasteiger partial charge is 0.739 e. The summed E-state index contributed by atoms with van der Waals surface area (Å²) in [6.07, 6.45) is 3.47. The summed E-state index contributed by atoms with van der Waals surface area (Å²) in [7, 11) is 0. The number of rotatable bonds is 1. The Morgan fingerprint density at radius 2 is 2.18 bits per heavy atom. The van der Waals surface area contributed by atoms with Crippen LogP contribution in [0.15, 0.2) is 35.6 Å². The van der Waals surface area contributed by atoms with Gasteiger partial charge >= 0.3 is 0 Å². The van der Waals surface area contributed by atoms with Gasteiger partial charge in [-0.25, -0.2) is 4.99 Å². The molecular weight excluding hydrogens is 220 g/mol. The number of fused-ring (bicyclic) bond motifs is 1. The summed E-state index contributed by atoms with van der Waals surface area (Å²) >= 11 is 0. The average molecular weight is 229 g/mol. The number of guanidine groups is 1. The van der Waals surface area contributed by atoms with E-state index in [0.717, 1.165) is 11.1 Å². The van der Waals surface area contributed by atoms with E-state index in [1.165, 1.54) is 0 Å². The molecule has 0 aliphatic carbocycles. The second-order valence-electron chi connectivity index (χ2n) is 3.59. The monoisotopic (exact) mass is 229 g/mol. The minimum Gasteiger partial charge on any atom is -0.739 e. The fourth-order valence-corrected chi connectivity index (χ4v) is 1.69. The third kappa shape index (κ3) is 1.58. The number of nitrogens with zero attached hydrogens (tertiary/aromatic N) is 3. The maximum absolute atomic E-state index is 11.5. The standard InChI is InChI=1S/C10H9N6O/c11-10-14-8-3-6(7-4-12-13-5-7)1-2-9(8)16(17)15-10/h1-5H,(H,12,13)(H3,11,14,15)/q-1. The number of aromatic amines is 1. The quantitative estimate of drug-likeness (QED) is 0.672. The van der Waals surface area contributed by atoms with E-state index in [2.05, 4.69) is 20.6 Å². The third-order valence-corrected chi connectivity index (χ3v) is 2.48. The van der Waals surface area contributed by atoms with E-state index < -0.39 is 0 Å². The normalized spacial score (nSPS) is 13.9. The molecule has 0 unspecified atom stereocenters. The fourth-order valence-electron chi connectivity index (χ4n) is 1.69. The van der Waals surface area contributed by atoms with E-state index >= 15 is 0 Å². The molecule has 2 aromatic rings. The Kier molecular flexibility index (Phi) is 1.99. The molecule has 0 atom stereocenters. The van der Waals surface area contributed by atoms with Gasteiger partial charge < -0.3 is 16.1 Å². The van der Waals surface area contributed by atoms with Crippen LogP contribution in [0.25, 0.3) is 11.1 Å². The Labute approximate surface area is 96.5 Å². The molecule has 0 radical (unpaired) electrons. The molecule has 0 spiro atoms. The van der Waals surface area contributed by atoms with Gasteiger partial charge in [0.25, 0.3) is 0 Å². The molecule has 2 heterocycles. The molecule has 4 N–H and O–H groups in total. The van der Waals surface area contributed by atoms with Crippen molar-refractivity contribution in [3.8, 4) is 11.1 Å². The Hall–Kier alpha value is -2.54. The first-order valence-electron chi connectivity index (χ1n) is 4.95. The molecule has 1 aliphatic heterocycles. The number of nitrogens with one attached hydrogen (secondary N) is 2. The Bertz CT molecular complexity index is 576. The van der Waals surface area contributed by atoms with Crippen LogP contribution in [0.2, 0.25) is 0 Å². The van der Waals surface area contributed by atoms with E-state index in [4.69, 9.17) is 5.73 Å². The van der Waals surface area contributed by atoms with Crippen LogP contribution in [0.3, 0.4) is 0 Å². The highest BCUT2D eigenvalue weighted by molar-refractivity contribution is 5.90. The van der Waals surface area contributed by atoms with Crippen LogP contribution >= 0.6 is 0 Å². The fraction of sp³-hybridized carbons (Fsp3) is 0. The van der Waals surface area contributed by atoms with E-state index in [-0.39, 0.29) is 5.96 Å². The lowest BCUT2D eigenvalue weighted by molar-refractivity contribution is 0.900. The Morgan fingerprint density at radius 3 is 2.94 bits per heavy atom. The van der Waals surface area contributed by atoms with Crippen molar-refractivity contribution in [1.29, 1.82) is 0 Å². The number of nitrogens with two attached hydrogens (primary N) is 1. The topological polar surface area (TPSA) is 105 Å². The maximum atomic E-state index is 11.5. The number of hydrogen-bond acceptors (Lipinski definition) is 6. The van der Waals surface area contributed by atoms with E-state index in [1.54, 1.807) is 24.5 Å². The summed E-state index contributed by atoms with van der Waals surface area (Å²) in [5, 5.41) is 18.7. The van der Waals surface area contributed by atoms with Gasteiger partial charge in [-0.3, -0.25) is 10.5 Å². The molecule has 7 nitrogen and oxygen atoms in total. The van der Waals surface area contributed by atoms with Crippen molar-refractivity contribution in [1.82, 2.24) is 15.6 Å². The van der Waals surface area contributed by atoms with Gasteiger partial charge in [0.2, 0.25) is 5.96 Å². The van der Waals surface area contributed by atoms with Gasteiger partial charge in [0.15, 0.2) is 0 Å². The second-order valence-corrected chi connectivity index (χ2v) is 3.59. The van der Waals surface area contributed by atoms with Gasteiger partial charge in [0, 0.05) is 11.8 Å². The molecule has 0 fully saturated rings. The molecule has 1 aliphatic rings. The molecule has 1 aromatic carbocycles. The zero-order valence-corrected chi connectivity index (χ0v) is 8.71. The SMILES string of the molecule is NC1=Nc2cc(-c3cn[nH]c3)ccc2N([O-])N1. The first kappa shape index (κ1) is 9.67. The van der Waals surface area contributed by atoms with Crippen molar-refractivity contribution in [2.24, 2.45) is 10.7 Å². The zero-order valence-electron chi connectivity index (χ0n) is 8.71. The molecule has 0 bridgehead atoms. The van der Waals surface area contributed by atoms with Gasteiger partial charge in [0.1, 0.15) is 0 Å². The third-order valence-electron chi connectivity index (χ3n) is 2.48. The second kappa shape index (κ2) is 3.49. The number of hydrazine groups is 1. The number of hydrogen-bond donors (Lipinski definition) is 3. The summed E-state index contributed by atoms with van der Waals surface area (Å²) in [5.41, 5.74) is 10.7. The van der Waals surface area contributed by atoms with E-state index in [1.807, 2.05) is 6.07 Å². The molecule has 0 saturated heterocycles. The van der Waals surface area contributed by atoms with Crippen LogP contribution in [-0.4, -0.2) is 16.2 Å². The molecule has 7 heteroatoms. The summed E-state index contributed by atoms with van der Waals surface area (Å²) < 4.78 is 0. The van der Waals surface area contributed by atoms with E-state index in [9.17, 15) is 5.21 Å². The molecule has 17 heavy (non-hydrogen) atoms. The van der Waals surface area contributed by atoms with Gasteiger partial charge in [-0.15, -0.1) is 0 Å². The zero-order chi connectivity index (χ0) is 11.8. The van der Waals surface area contributed by atoms with Crippen molar-refractivity contribution < 1.29 is 0 Å². The van der Waals surface area contributed by atoms with E-state index in [0.29, 0.717) is 16.5 Å². The molecule has 0 saturated carbocycles. The van der Waals surface area contributed by atoms with Crippen LogP contribution in [0.4, 0.5) is 11.4 Å². The van der Waals surface area contributed by atoms with Crippen LogP contribution in [0.5, 0.6) is 0 Å². The van der Waals surface area contributed by atoms with Crippen molar-refractivity contribution in [3.05, 3.63) is 35.8 Å². The highest BCUT2D eigenvalue weighted by atomic mass is 16.5. The van der Waals surface area contributed by atoms with Gasteiger partial charge in [-0.1, -0.05) is 6.07 Å². The summed E-state index contributed by atoms with van der Waals surface area (Å²) in [6.45, 7) is 0. The number of aromatic nitrogens is 2. The smallest absolute Gasteiger partial charge is 0.212 e. The highest BCUT2D eigenvalue weighted by Gasteiger charge is 2.12. The van der Waals surface area contributed by atoms with Crippen molar-refractivity contribution in [3.63, 3.8) is 0 Å². The first-order valence-corrected chi connectivity index (χ1v) is 4.95. The lowest BCUT2D eigenvalue weighted by atomic mass is 10.1. The highest BCUT2D eigenvalue weighted by Crippen LogP contribution is 2.33. The lowest BCUT2D eigenvalue weighted by Crippen LogP contribution is -2.44. The number of benzene rings is 1. The first-order chi connectivity index (χ1) is 8.24. The average Bonchev–Trinajstić information content (AvgIpc) is 2.81. The predicted octanol–water partition coefficient (Wildman–Crippen LogP) is 0.845. The number of anilines is 1.